The van der Waals surface area contributed by atoms with Crippen molar-refractivity contribution in [3.8, 4) is 0 Å². The van der Waals surface area contributed by atoms with Gasteiger partial charge in [0.05, 0.1) is 5.75 Å². The van der Waals surface area contributed by atoms with Gasteiger partial charge in [0.25, 0.3) is 0 Å². The largest absolute Gasteiger partial charge is 1.00 e. The van der Waals surface area contributed by atoms with Crippen molar-refractivity contribution in [3.63, 3.8) is 0 Å². The fraction of sp³-hybridized carbons (Fsp3) is 0.650. The van der Waals surface area contributed by atoms with E-state index in [1.54, 1.807) is 0 Å². The summed E-state index contributed by atoms with van der Waals surface area (Å²) >= 11 is 0. The summed E-state index contributed by atoms with van der Waals surface area (Å²) in [5.41, 5.74) is 5.83. The molecule has 0 bridgehead atoms. The second-order valence-corrected chi connectivity index (χ2v) is 9.95. The van der Waals surface area contributed by atoms with Crippen molar-refractivity contribution in [2.45, 2.75) is 51.4 Å². The predicted octanol–water partition coefficient (Wildman–Crippen LogP) is 0.245. The molecule has 1 atom stereocenters. The van der Waals surface area contributed by atoms with Crippen LogP contribution in [0, 0.1) is 5.92 Å². The van der Waals surface area contributed by atoms with Crippen molar-refractivity contribution >= 4 is 21.7 Å². The number of anilines is 1. The minimum Gasteiger partial charge on any atom is -0.423 e. The number of aryl methyl sites for hydroxylation is 2. The molecule has 3 aliphatic rings. The number of nitrogens with one attached hydrogen (secondary N) is 1. The van der Waals surface area contributed by atoms with E-state index < -0.39 is 16.1 Å². The Bertz CT molecular complexity index is 824. The van der Waals surface area contributed by atoms with E-state index in [2.05, 4.69) is 21.0 Å². The van der Waals surface area contributed by atoms with E-state index in [-0.39, 0.29) is 63.1 Å². The molecule has 0 aromatic heterocycles. The van der Waals surface area contributed by atoms with Gasteiger partial charge in [-0.25, -0.2) is 8.42 Å². The van der Waals surface area contributed by atoms with Crippen molar-refractivity contribution in [2.75, 3.05) is 31.2 Å². The summed E-state index contributed by atoms with van der Waals surface area (Å²) < 4.78 is 28.4. The summed E-state index contributed by atoms with van der Waals surface area (Å²) in [6.45, 7) is 1.74. The SMILES string of the molecule is CN1CCCC(CS(=O)(=O)[N-]C(=O)Nc2c3c(cc4c2CCC4)CCC3)C1.[K+]. The zero-order valence-corrected chi connectivity index (χ0v) is 20.9. The van der Waals surface area contributed by atoms with Gasteiger partial charge in [-0.05, 0) is 98.8 Å². The van der Waals surface area contributed by atoms with Crippen LogP contribution in [-0.2, 0) is 35.7 Å². The van der Waals surface area contributed by atoms with Gasteiger partial charge in [-0.1, -0.05) is 6.07 Å². The Balaban J connectivity index is 0.00000225. The number of rotatable bonds is 4. The number of hydrogen-bond donors (Lipinski definition) is 1. The van der Waals surface area contributed by atoms with Crippen molar-refractivity contribution in [1.82, 2.24) is 4.90 Å². The normalized spacial score (nSPS) is 21.5. The monoisotopic (exact) mass is 429 g/mol. The topological polar surface area (TPSA) is 80.6 Å². The molecule has 2 amide bonds. The number of fused-ring (bicyclic) bond motifs is 2. The Morgan fingerprint density at radius 1 is 1.14 bits per heavy atom. The fourth-order valence-corrected chi connectivity index (χ4v) is 6.21. The van der Waals surface area contributed by atoms with Gasteiger partial charge in [0.2, 0.25) is 0 Å². The minimum absolute atomic E-state index is 0. The third kappa shape index (κ3) is 5.20. The molecule has 1 saturated heterocycles. The Morgan fingerprint density at radius 2 is 1.79 bits per heavy atom. The van der Waals surface area contributed by atoms with Crippen LogP contribution < -0.4 is 56.7 Å². The summed E-state index contributed by atoms with van der Waals surface area (Å²) in [6.07, 6.45) is 8.01. The molecule has 0 spiro atoms. The average Bonchev–Trinajstić information content (AvgIpc) is 3.22. The van der Waals surface area contributed by atoms with E-state index >= 15 is 0 Å². The third-order valence-corrected chi connectivity index (χ3v) is 7.43. The zero-order valence-electron chi connectivity index (χ0n) is 17.0. The van der Waals surface area contributed by atoms with E-state index in [1.165, 1.54) is 22.3 Å². The minimum atomic E-state index is -3.77. The number of urea groups is 1. The molecule has 8 heteroatoms. The predicted molar refractivity (Wildman–Crippen MR) is 107 cm³/mol. The molecule has 4 rings (SSSR count). The molecule has 6 nitrogen and oxygen atoms in total. The van der Waals surface area contributed by atoms with Crippen LogP contribution in [0.2, 0.25) is 0 Å². The molecule has 1 heterocycles. The van der Waals surface area contributed by atoms with E-state index in [4.69, 9.17) is 0 Å². The van der Waals surface area contributed by atoms with Crippen molar-refractivity contribution < 1.29 is 64.6 Å². The molecular weight excluding hydrogens is 401 g/mol. The second kappa shape index (κ2) is 9.45. The van der Waals surface area contributed by atoms with Crippen LogP contribution in [-0.4, -0.2) is 45.2 Å². The fourth-order valence-electron chi connectivity index (χ4n) is 4.97. The van der Waals surface area contributed by atoms with Crippen LogP contribution in [0.3, 0.4) is 0 Å². The molecule has 1 N–H and O–H groups in total. The summed E-state index contributed by atoms with van der Waals surface area (Å²) in [7, 11) is -1.77. The number of benzene rings is 1. The van der Waals surface area contributed by atoms with Crippen LogP contribution in [0.1, 0.15) is 47.9 Å². The van der Waals surface area contributed by atoms with Crippen molar-refractivity contribution in [3.05, 3.63) is 33.0 Å². The van der Waals surface area contributed by atoms with Gasteiger partial charge in [0, 0.05) is 6.54 Å². The Kier molecular flexibility index (Phi) is 7.67. The maximum atomic E-state index is 12.5. The molecule has 2 aliphatic carbocycles. The maximum absolute atomic E-state index is 12.5. The van der Waals surface area contributed by atoms with Crippen molar-refractivity contribution in [2.24, 2.45) is 5.92 Å². The van der Waals surface area contributed by atoms with Gasteiger partial charge < -0.3 is 14.9 Å². The van der Waals surface area contributed by atoms with Crippen LogP contribution in [0.25, 0.3) is 4.72 Å². The quantitative estimate of drug-likeness (QED) is 0.696. The molecule has 1 fully saturated rings. The summed E-state index contributed by atoms with van der Waals surface area (Å²) in [6, 6.07) is 1.54. The standard InChI is InChI=1S/C20H29N3O3S.K/c1-23-10-4-5-14(12-23)13-27(25,26)22-20(24)21-19-17-8-2-6-15(17)11-16-7-3-9-18(16)19;/h11,14H,2-10,12-13H2,1H3,(H2,21,22,24);/q;+1/p-1. The smallest absolute Gasteiger partial charge is 0.423 e. The summed E-state index contributed by atoms with van der Waals surface area (Å²) in [5, 5.41) is 2.85. The molecule has 0 saturated carbocycles. The van der Waals surface area contributed by atoms with Gasteiger partial charge in [-0.15, -0.1) is 0 Å². The van der Waals surface area contributed by atoms with E-state index in [9.17, 15) is 13.2 Å². The van der Waals surface area contributed by atoms with Gasteiger partial charge in [-0.3, -0.25) is 4.79 Å². The number of carbonyl (C=O) groups excluding carboxylic acids is 1. The first-order valence-corrected chi connectivity index (χ1v) is 11.6. The first-order chi connectivity index (χ1) is 12.9. The first kappa shape index (κ1) is 22.7. The second-order valence-electron chi connectivity index (χ2n) is 8.27. The van der Waals surface area contributed by atoms with Crippen molar-refractivity contribution in [1.29, 1.82) is 0 Å². The third-order valence-electron chi connectivity index (χ3n) is 6.10. The van der Waals surface area contributed by atoms with Gasteiger partial charge in [0.1, 0.15) is 0 Å². The number of nitrogens with zero attached hydrogens (tertiary/aromatic N) is 2. The Morgan fingerprint density at radius 3 is 2.39 bits per heavy atom. The molecule has 148 valence electrons. The number of amides is 2. The zero-order chi connectivity index (χ0) is 19.0. The molecule has 28 heavy (non-hydrogen) atoms. The van der Waals surface area contributed by atoms with Crippen LogP contribution >= 0.6 is 0 Å². The Labute approximate surface area is 210 Å². The summed E-state index contributed by atoms with van der Waals surface area (Å²) in [4.78, 5) is 14.6. The van der Waals surface area contributed by atoms with Gasteiger partial charge in [0.15, 0.2) is 16.1 Å². The van der Waals surface area contributed by atoms with E-state index in [1.807, 2.05) is 7.05 Å². The van der Waals surface area contributed by atoms with Gasteiger partial charge >= 0.3 is 51.4 Å². The number of piperidine rings is 1. The maximum Gasteiger partial charge on any atom is 1.00 e. The molecule has 1 aromatic carbocycles. The average molecular weight is 430 g/mol. The van der Waals surface area contributed by atoms with Gasteiger partial charge in [-0.2, -0.15) is 0 Å². The summed E-state index contributed by atoms with van der Waals surface area (Å²) in [5.74, 6) is 0.00554. The molecule has 0 radical (unpaired) electrons. The molecule has 1 aromatic rings. The molecule has 1 aliphatic heterocycles. The molecule has 1 unspecified atom stereocenters. The number of hydrogen-bond acceptors (Lipinski definition) is 4. The van der Waals surface area contributed by atoms with Crippen LogP contribution in [0.15, 0.2) is 6.07 Å². The van der Waals surface area contributed by atoms with E-state index in [0.717, 1.165) is 70.1 Å². The number of sulfonamides is 1. The Hall–Kier alpha value is 0.0364. The number of carbonyl (C=O) groups is 1. The van der Waals surface area contributed by atoms with Crippen LogP contribution in [0.5, 0.6) is 0 Å². The van der Waals surface area contributed by atoms with Crippen LogP contribution in [0.4, 0.5) is 10.5 Å². The van der Waals surface area contributed by atoms with E-state index in [0.29, 0.717) is 0 Å². The molecular formula is C20H28KN3O3S. The number of likely N-dealkylation sites (tertiary alicyclic amines) is 1. The first-order valence-electron chi connectivity index (χ1n) is 10.0.